The molecule has 1 heterocycles. The summed E-state index contributed by atoms with van der Waals surface area (Å²) in [6.45, 7) is 3.13. The second-order valence-corrected chi connectivity index (χ2v) is 9.51. The molecule has 2 aliphatic carbocycles. The van der Waals surface area contributed by atoms with Crippen LogP contribution in [-0.2, 0) is 12.8 Å². The van der Waals surface area contributed by atoms with E-state index >= 15 is 0 Å². The molecule has 128 valence electrons. The van der Waals surface area contributed by atoms with Gasteiger partial charge >= 0.3 is 0 Å². The molecule has 3 rings (SSSR count). The molecule has 1 fully saturated rings. The van der Waals surface area contributed by atoms with E-state index < -0.39 is 0 Å². The Morgan fingerprint density at radius 1 is 1.30 bits per heavy atom. The van der Waals surface area contributed by atoms with Crippen LogP contribution in [0, 0.1) is 5.92 Å². The number of amides is 1. The van der Waals surface area contributed by atoms with E-state index in [1.54, 1.807) is 11.3 Å². The van der Waals surface area contributed by atoms with Gasteiger partial charge in [-0.05, 0) is 55.8 Å². The number of thiophene rings is 1. The highest BCUT2D eigenvalue weighted by molar-refractivity contribution is 7.99. The molecule has 1 amide bonds. The third kappa shape index (κ3) is 4.76. The Labute approximate surface area is 148 Å². The van der Waals surface area contributed by atoms with Gasteiger partial charge in [0.15, 0.2) is 0 Å². The summed E-state index contributed by atoms with van der Waals surface area (Å²) in [6, 6.07) is 0. The zero-order chi connectivity index (χ0) is 16.1. The highest BCUT2D eigenvalue weighted by atomic mass is 32.2. The number of hydrogen-bond donors (Lipinski definition) is 1. The smallest absolute Gasteiger partial charge is 0.252 e. The topological polar surface area (TPSA) is 29.1 Å². The quantitative estimate of drug-likeness (QED) is 0.726. The van der Waals surface area contributed by atoms with Crippen molar-refractivity contribution < 1.29 is 4.79 Å². The van der Waals surface area contributed by atoms with E-state index in [1.807, 2.05) is 0 Å². The van der Waals surface area contributed by atoms with Crippen molar-refractivity contribution in [3.05, 3.63) is 21.4 Å². The van der Waals surface area contributed by atoms with Crippen LogP contribution in [0.15, 0.2) is 5.38 Å². The van der Waals surface area contributed by atoms with Crippen LogP contribution in [0.3, 0.4) is 0 Å². The van der Waals surface area contributed by atoms with E-state index in [4.69, 9.17) is 0 Å². The number of rotatable bonds is 6. The van der Waals surface area contributed by atoms with Gasteiger partial charge in [-0.3, -0.25) is 4.79 Å². The van der Waals surface area contributed by atoms with E-state index in [0.717, 1.165) is 42.5 Å². The predicted molar refractivity (Wildman–Crippen MR) is 102 cm³/mol. The summed E-state index contributed by atoms with van der Waals surface area (Å²) in [6.07, 6.45) is 11.6. The molecule has 1 saturated carbocycles. The van der Waals surface area contributed by atoms with Crippen LogP contribution < -0.4 is 5.32 Å². The summed E-state index contributed by atoms with van der Waals surface area (Å²) in [7, 11) is 0. The van der Waals surface area contributed by atoms with Crippen LogP contribution >= 0.6 is 23.1 Å². The Balaban J connectivity index is 1.38. The Kier molecular flexibility index (Phi) is 6.46. The molecular formula is C19H29NOS2. The maximum Gasteiger partial charge on any atom is 0.252 e. The lowest BCUT2D eigenvalue weighted by Crippen LogP contribution is -2.26. The molecule has 0 aromatic carbocycles. The molecule has 1 aromatic rings. The molecule has 1 atom stereocenters. The zero-order valence-corrected chi connectivity index (χ0v) is 15.9. The van der Waals surface area contributed by atoms with Crippen LogP contribution in [0.2, 0.25) is 0 Å². The van der Waals surface area contributed by atoms with E-state index in [9.17, 15) is 4.79 Å². The van der Waals surface area contributed by atoms with Gasteiger partial charge < -0.3 is 5.32 Å². The first-order valence-corrected chi connectivity index (χ1v) is 11.2. The maximum atomic E-state index is 12.4. The third-order valence-electron chi connectivity index (χ3n) is 5.16. The van der Waals surface area contributed by atoms with Gasteiger partial charge in [0.1, 0.15) is 0 Å². The van der Waals surface area contributed by atoms with E-state index in [1.165, 1.54) is 54.7 Å². The second kappa shape index (κ2) is 8.57. The number of fused-ring (bicyclic) bond motifs is 1. The van der Waals surface area contributed by atoms with Crippen LogP contribution in [0.1, 0.15) is 72.7 Å². The highest BCUT2D eigenvalue weighted by Crippen LogP contribution is 2.32. The van der Waals surface area contributed by atoms with Crippen LogP contribution in [0.5, 0.6) is 0 Å². The Bertz CT molecular complexity index is 519. The summed E-state index contributed by atoms with van der Waals surface area (Å²) < 4.78 is 0. The molecular weight excluding hydrogens is 322 g/mol. The SMILES string of the molecule is C[C@H]1CCc2c(C(=O)NCCCSC3CCCCC3)csc2C1. The van der Waals surface area contributed by atoms with Crippen molar-refractivity contribution in [2.24, 2.45) is 5.92 Å². The van der Waals surface area contributed by atoms with Gasteiger partial charge in [0.25, 0.3) is 5.91 Å². The average Bonchev–Trinajstić information content (AvgIpc) is 2.98. The molecule has 0 radical (unpaired) electrons. The van der Waals surface area contributed by atoms with Crippen molar-refractivity contribution >= 4 is 29.0 Å². The minimum absolute atomic E-state index is 0.153. The van der Waals surface area contributed by atoms with Crippen molar-refractivity contribution in [2.45, 2.75) is 70.0 Å². The van der Waals surface area contributed by atoms with E-state index in [-0.39, 0.29) is 5.91 Å². The second-order valence-electron chi connectivity index (χ2n) is 7.14. The van der Waals surface area contributed by atoms with Crippen LogP contribution in [0.4, 0.5) is 0 Å². The fourth-order valence-electron chi connectivity index (χ4n) is 3.72. The third-order valence-corrected chi connectivity index (χ3v) is 7.68. The lowest BCUT2D eigenvalue weighted by atomic mass is 9.88. The van der Waals surface area contributed by atoms with E-state index in [2.05, 4.69) is 29.4 Å². The van der Waals surface area contributed by atoms with E-state index in [0.29, 0.717) is 0 Å². The van der Waals surface area contributed by atoms with Gasteiger partial charge in [0.05, 0.1) is 5.56 Å². The monoisotopic (exact) mass is 351 g/mol. The normalized spacial score (nSPS) is 21.9. The number of hydrogen-bond acceptors (Lipinski definition) is 3. The first-order valence-electron chi connectivity index (χ1n) is 9.23. The Morgan fingerprint density at radius 2 is 2.13 bits per heavy atom. The van der Waals surface area contributed by atoms with Gasteiger partial charge in [-0.15, -0.1) is 11.3 Å². The molecule has 1 N–H and O–H groups in total. The minimum Gasteiger partial charge on any atom is -0.352 e. The summed E-state index contributed by atoms with van der Waals surface area (Å²) in [5, 5.41) is 6.10. The number of carbonyl (C=O) groups is 1. The lowest BCUT2D eigenvalue weighted by Gasteiger charge is -2.21. The maximum absolute atomic E-state index is 12.4. The zero-order valence-electron chi connectivity index (χ0n) is 14.2. The number of carbonyl (C=O) groups excluding carboxylic acids is 1. The van der Waals surface area contributed by atoms with Gasteiger partial charge in [-0.1, -0.05) is 26.2 Å². The first-order chi connectivity index (χ1) is 11.2. The fourth-order valence-corrected chi connectivity index (χ4v) is 6.27. The summed E-state index contributed by atoms with van der Waals surface area (Å²) >= 11 is 3.90. The fraction of sp³-hybridized carbons (Fsp3) is 0.737. The molecule has 23 heavy (non-hydrogen) atoms. The summed E-state index contributed by atoms with van der Waals surface area (Å²) in [5.74, 6) is 2.11. The van der Waals surface area contributed by atoms with Crippen molar-refractivity contribution in [3.63, 3.8) is 0 Å². The number of nitrogens with one attached hydrogen (secondary N) is 1. The van der Waals surface area contributed by atoms with Gasteiger partial charge in [-0.25, -0.2) is 0 Å². The molecule has 2 aliphatic rings. The molecule has 0 saturated heterocycles. The van der Waals surface area contributed by atoms with Gasteiger partial charge in [-0.2, -0.15) is 11.8 Å². The van der Waals surface area contributed by atoms with Crippen molar-refractivity contribution in [3.8, 4) is 0 Å². The molecule has 0 unspecified atom stereocenters. The lowest BCUT2D eigenvalue weighted by molar-refractivity contribution is 0.0953. The number of thioether (sulfide) groups is 1. The predicted octanol–water partition coefficient (Wildman–Crippen LogP) is 5.06. The molecule has 0 bridgehead atoms. The highest BCUT2D eigenvalue weighted by Gasteiger charge is 2.22. The standard InChI is InChI=1S/C19H29NOS2/c1-14-8-9-16-17(13-23-18(16)12-14)19(21)20-10-5-11-22-15-6-3-2-4-7-15/h13-15H,2-12H2,1H3,(H,20,21)/t14-/m0/s1. The summed E-state index contributed by atoms with van der Waals surface area (Å²) in [5.41, 5.74) is 2.29. The van der Waals surface area contributed by atoms with Crippen molar-refractivity contribution in [1.82, 2.24) is 5.32 Å². The Hall–Kier alpha value is -0.480. The van der Waals surface area contributed by atoms with Crippen LogP contribution in [-0.4, -0.2) is 23.5 Å². The Morgan fingerprint density at radius 3 is 2.96 bits per heavy atom. The van der Waals surface area contributed by atoms with Crippen molar-refractivity contribution in [1.29, 1.82) is 0 Å². The van der Waals surface area contributed by atoms with Crippen LogP contribution in [0.25, 0.3) is 0 Å². The molecule has 0 spiro atoms. The van der Waals surface area contributed by atoms with Gasteiger partial charge in [0, 0.05) is 22.1 Å². The largest absolute Gasteiger partial charge is 0.352 e. The summed E-state index contributed by atoms with van der Waals surface area (Å²) in [4.78, 5) is 13.9. The van der Waals surface area contributed by atoms with Crippen molar-refractivity contribution in [2.75, 3.05) is 12.3 Å². The minimum atomic E-state index is 0.153. The van der Waals surface area contributed by atoms with Gasteiger partial charge in [0.2, 0.25) is 0 Å². The first kappa shape index (κ1) is 17.3. The molecule has 1 aromatic heterocycles. The molecule has 2 nitrogen and oxygen atoms in total. The molecule has 4 heteroatoms. The average molecular weight is 352 g/mol. The molecule has 0 aliphatic heterocycles.